The minimum absolute atomic E-state index is 0.0487. The predicted molar refractivity (Wildman–Crippen MR) is 129 cm³/mol. The SMILES string of the molecule is N#CCC1(n2cc(-c3ccnc(Nc4ccc(C(=O)N5CCC(C#N)C5)cc4)n3)cn2)CC(C#N)C1. The molecule has 10 nitrogen and oxygen atoms in total. The van der Waals surface area contributed by atoms with Gasteiger partial charge in [-0.3, -0.25) is 9.48 Å². The van der Waals surface area contributed by atoms with Crippen LogP contribution in [0.3, 0.4) is 0 Å². The molecule has 1 N–H and O–H groups in total. The van der Waals surface area contributed by atoms with E-state index >= 15 is 0 Å². The largest absolute Gasteiger partial charge is 0.337 e. The summed E-state index contributed by atoms with van der Waals surface area (Å²) in [6.45, 7) is 1.08. The number of hydrogen-bond donors (Lipinski definition) is 1. The number of nitriles is 3. The third-order valence-electron chi connectivity index (χ3n) is 6.91. The van der Waals surface area contributed by atoms with Crippen LogP contribution >= 0.6 is 0 Å². The van der Waals surface area contributed by atoms with Crippen LogP contribution in [0.15, 0.2) is 48.9 Å². The molecular weight excluding hydrogens is 454 g/mol. The Hall–Kier alpha value is -4.75. The minimum atomic E-state index is -0.439. The van der Waals surface area contributed by atoms with Crippen molar-refractivity contribution >= 4 is 17.5 Å². The normalized spacial score (nSPS) is 22.6. The Kier molecular flexibility index (Phi) is 6.06. The summed E-state index contributed by atoms with van der Waals surface area (Å²) in [7, 11) is 0. The highest BCUT2D eigenvalue weighted by Crippen LogP contribution is 2.46. The molecule has 2 aromatic heterocycles. The maximum atomic E-state index is 12.7. The summed E-state index contributed by atoms with van der Waals surface area (Å²) in [5, 5.41) is 35.1. The van der Waals surface area contributed by atoms with Gasteiger partial charge in [0.05, 0.1) is 53.9 Å². The molecule has 2 aliphatic rings. The Morgan fingerprint density at radius 2 is 1.89 bits per heavy atom. The van der Waals surface area contributed by atoms with E-state index in [0.717, 1.165) is 11.3 Å². The number of rotatable bonds is 6. The lowest BCUT2D eigenvalue weighted by molar-refractivity contribution is 0.0790. The summed E-state index contributed by atoms with van der Waals surface area (Å²) in [6.07, 6.45) is 7.48. The molecule has 0 spiro atoms. The number of carbonyl (C=O) groups is 1. The number of nitrogens with one attached hydrogen (secondary N) is 1. The van der Waals surface area contributed by atoms with Gasteiger partial charge < -0.3 is 10.2 Å². The number of amides is 1. The molecule has 3 heterocycles. The number of carbonyl (C=O) groups excluding carboxylic acids is 1. The highest BCUT2D eigenvalue weighted by molar-refractivity contribution is 5.94. The number of hydrogen-bond acceptors (Lipinski definition) is 8. The van der Waals surface area contributed by atoms with E-state index in [2.05, 4.69) is 38.6 Å². The van der Waals surface area contributed by atoms with E-state index in [0.29, 0.717) is 56.0 Å². The number of benzene rings is 1. The maximum absolute atomic E-state index is 12.7. The molecule has 178 valence electrons. The van der Waals surface area contributed by atoms with Crippen molar-refractivity contribution < 1.29 is 4.79 Å². The molecule has 10 heteroatoms. The summed E-state index contributed by atoms with van der Waals surface area (Å²) < 4.78 is 1.80. The molecule has 2 fully saturated rings. The summed E-state index contributed by atoms with van der Waals surface area (Å²) >= 11 is 0. The Morgan fingerprint density at radius 3 is 2.58 bits per heavy atom. The molecule has 0 bridgehead atoms. The highest BCUT2D eigenvalue weighted by atomic mass is 16.2. The Morgan fingerprint density at radius 1 is 1.11 bits per heavy atom. The Labute approximate surface area is 208 Å². The molecular formula is C26H23N9O. The topological polar surface area (TPSA) is 147 Å². The van der Waals surface area contributed by atoms with Gasteiger partial charge >= 0.3 is 0 Å². The summed E-state index contributed by atoms with van der Waals surface area (Å²) in [4.78, 5) is 23.3. The highest BCUT2D eigenvalue weighted by Gasteiger charge is 2.46. The molecule has 1 atom stereocenters. The van der Waals surface area contributed by atoms with Crippen LogP contribution in [0.1, 0.15) is 36.0 Å². The molecule has 5 rings (SSSR count). The van der Waals surface area contributed by atoms with Crippen molar-refractivity contribution in [3.8, 4) is 29.5 Å². The summed E-state index contributed by atoms with van der Waals surface area (Å²) in [5.74, 6) is 0.186. The number of likely N-dealkylation sites (tertiary alicyclic amines) is 1. The van der Waals surface area contributed by atoms with Crippen molar-refractivity contribution in [3.63, 3.8) is 0 Å². The van der Waals surface area contributed by atoms with Crippen molar-refractivity contribution in [1.29, 1.82) is 15.8 Å². The van der Waals surface area contributed by atoms with Gasteiger partial charge in [0.1, 0.15) is 0 Å². The average Bonchev–Trinajstić information content (AvgIpc) is 3.57. The third kappa shape index (κ3) is 4.35. The molecule has 1 amide bonds. The summed E-state index contributed by atoms with van der Waals surface area (Å²) in [6, 6.07) is 15.6. The molecule has 1 aromatic carbocycles. The lowest BCUT2D eigenvalue weighted by atomic mass is 9.67. The first kappa shape index (κ1) is 23.0. The van der Waals surface area contributed by atoms with Gasteiger partial charge in [-0.25, -0.2) is 9.97 Å². The van der Waals surface area contributed by atoms with Gasteiger partial charge in [-0.1, -0.05) is 0 Å². The molecule has 1 saturated carbocycles. The quantitative estimate of drug-likeness (QED) is 0.566. The average molecular weight is 478 g/mol. The first-order chi connectivity index (χ1) is 17.5. The van der Waals surface area contributed by atoms with Crippen LogP contribution in [0.25, 0.3) is 11.3 Å². The Bertz CT molecular complexity index is 1400. The van der Waals surface area contributed by atoms with Crippen LogP contribution < -0.4 is 5.32 Å². The van der Waals surface area contributed by atoms with E-state index in [-0.39, 0.29) is 17.7 Å². The monoisotopic (exact) mass is 477 g/mol. The van der Waals surface area contributed by atoms with E-state index in [1.54, 1.807) is 52.3 Å². The van der Waals surface area contributed by atoms with Crippen molar-refractivity contribution in [2.75, 3.05) is 18.4 Å². The molecule has 1 aliphatic carbocycles. The second-order valence-corrected chi connectivity index (χ2v) is 9.30. The van der Waals surface area contributed by atoms with Crippen LogP contribution in [-0.2, 0) is 5.54 Å². The minimum Gasteiger partial charge on any atom is -0.337 e. The maximum Gasteiger partial charge on any atom is 0.253 e. The van der Waals surface area contributed by atoms with Crippen molar-refractivity contribution in [1.82, 2.24) is 24.6 Å². The second kappa shape index (κ2) is 9.48. The third-order valence-corrected chi connectivity index (χ3v) is 6.91. The summed E-state index contributed by atoms with van der Waals surface area (Å²) in [5.41, 5.74) is 2.34. The van der Waals surface area contributed by atoms with Crippen LogP contribution in [0.4, 0.5) is 11.6 Å². The van der Waals surface area contributed by atoms with E-state index < -0.39 is 5.54 Å². The first-order valence-electron chi connectivity index (χ1n) is 11.7. The zero-order chi connectivity index (χ0) is 25.1. The number of aromatic nitrogens is 4. The lowest BCUT2D eigenvalue weighted by Crippen LogP contribution is -2.46. The van der Waals surface area contributed by atoms with Crippen molar-refractivity contribution in [3.05, 3.63) is 54.5 Å². The van der Waals surface area contributed by atoms with Gasteiger partial charge in [0, 0.05) is 42.3 Å². The molecule has 3 aromatic rings. The smallest absolute Gasteiger partial charge is 0.253 e. The van der Waals surface area contributed by atoms with E-state index in [1.165, 1.54) is 0 Å². The van der Waals surface area contributed by atoms with Crippen LogP contribution in [-0.4, -0.2) is 43.6 Å². The molecule has 1 saturated heterocycles. The second-order valence-electron chi connectivity index (χ2n) is 9.30. The number of nitrogens with zero attached hydrogens (tertiary/aromatic N) is 8. The van der Waals surface area contributed by atoms with Gasteiger partial charge in [-0.2, -0.15) is 20.9 Å². The van der Waals surface area contributed by atoms with E-state index in [4.69, 9.17) is 10.5 Å². The zero-order valence-corrected chi connectivity index (χ0v) is 19.5. The van der Waals surface area contributed by atoms with E-state index in [9.17, 15) is 10.1 Å². The fourth-order valence-electron chi connectivity index (χ4n) is 4.86. The Balaban J connectivity index is 1.27. The van der Waals surface area contributed by atoms with E-state index in [1.807, 2.05) is 6.20 Å². The van der Waals surface area contributed by atoms with Crippen LogP contribution in [0.2, 0.25) is 0 Å². The molecule has 0 radical (unpaired) electrons. The molecule has 36 heavy (non-hydrogen) atoms. The fourth-order valence-corrected chi connectivity index (χ4v) is 4.86. The zero-order valence-electron chi connectivity index (χ0n) is 19.5. The predicted octanol–water partition coefficient (Wildman–Crippen LogP) is 3.61. The van der Waals surface area contributed by atoms with Crippen molar-refractivity contribution in [2.45, 2.75) is 31.2 Å². The van der Waals surface area contributed by atoms with Gasteiger partial charge in [0.25, 0.3) is 5.91 Å². The lowest BCUT2D eigenvalue weighted by Gasteiger charge is -2.43. The van der Waals surface area contributed by atoms with Gasteiger partial charge in [0.15, 0.2) is 0 Å². The fraction of sp³-hybridized carbons (Fsp3) is 0.346. The van der Waals surface area contributed by atoms with Gasteiger partial charge in [0.2, 0.25) is 5.95 Å². The van der Waals surface area contributed by atoms with Crippen molar-refractivity contribution in [2.24, 2.45) is 11.8 Å². The first-order valence-corrected chi connectivity index (χ1v) is 11.7. The standard InChI is InChI=1S/C26H23N9O/c27-8-7-26(11-19(12-26)14-29)35-17-21(15-31-35)23-5-9-30-25(33-23)32-22-3-1-20(2-4-22)24(36)34-10-6-18(13-28)16-34/h1-5,9,15,17-19H,6-7,10-12,16H2,(H,30,32,33). The number of anilines is 2. The van der Waals surface area contributed by atoms with Gasteiger partial charge in [-0.15, -0.1) is 0 Å². The van der Waals surface area contributed by atoms with Gasteiger partial charge in [-0.05, 0) is 49.6 Å². The molecule has 1 unspecified atom stereocenters. The van der Waals surface area contributed by atoms with Crippen LogP contribution in [0, 0.1) is 45.8 Å². The van der Waals surface area contributed by atoms with Crippen LogP contribution in [0.5, 0.6) is 0 Å². The molecule has 1 aliphatic heterocycles.